The Bertz CT molecular complexity index is 1510. The van der Waals surface area contributed by atoms with Gasteiger partial charge in [0.25, 0.3) is 5.91 Å². The second-order valence-corrected chi connectivity index (χ2v) is 13.0. The molecule has 240 valence electrons. The van der Waals surface area contributed by atoms with E-state index in [4.69, 9.17) is 39.5 Å². The molecule has 9 nitrogen and oxygen atoms in total. The van der Waals surface area contributed by atoms with Crippen molar-refractivity contribution in [1.82, 2.24) is 15.1 Å². The highest BCUT2D eigenvalue weighted by atomic mass is 35.5. The highest BCUT2D eigenvalue weighted by Gasteiger charge is 2.43. The van der Waals surface area contributed by atoms with E-state index in [-0.39, 0.29) is 45.3 Å². The molecule has 0 fully saturated rings. The van der Waals surface area contributed by atoms with E-state index in [1.54, 1.807) is 12.3 Å². The van der Waals surface area contributed by atoms with E-state index in [1.165, 1.54) is 23.0 Å². The summed E-state index contributed by atoms with van der Waals surface area (Å²) in [5.41, 5.74) is 0.238. The van der Waals surface area contributed by atoms with E-state index in [0.717, 1.165) is 23.4 Å². The second kappa shape index (κ2) is 15.3. The maximum absolute atomic E-state index is 14.0. The Balaban J connectivity index is 1.60. The zero-order valence-electron chi connectivity index (χ0n) is 25.8. The molecule has 0 saturated heterocycles. The molecule has 1 N–H and O–H groups in total. The Labute approximate surface area is 278 Å². The number of carbonyl (C=O) groups excluding carboxylic acids is 3. The Kier molecular flexibility index (Phi) is 11.7. The Morgan fingerprint density at radius 1 is 1.07 bits per heavy atom. The molecule has 2 amide bonds. The molecule has 4 rings (SSSR count). The van der Waals surface area contributed by atoms with Crippen LogP contribution in [0.4, 0.5) is 5.69 Å². The normalized spacial score (nSPS) is 16.3. The van der Waals surface area contributed by atoms with Crippen LogP contribution in [0.3, 0.4) is 0 Å². The Morgan fingerprint density at radius 2 is 1.76 bits per heavy atom. The molecule has 0 aliphatic carbocycles. The van der Waals surface area contributed by atoms with Gasteiger partial charge in [-0.1, -0.05) is 99.3 Å². The summed E-state index contributed by atoms with van der Waals surface area (Å²) in [5.74, 6) is -1.42. The van der Waals surface area contributed by atoms with E-state index in [9.17, 15) is 14.4 Å². The molecule has 1 aliphatic rings. The number of carbonyl (C=O) groups is 3. The number of hydrogen-bond donors (Lipinski definition) is 1. The van der Waals surface area contributed by atoms with Gasteiger partial charge in [-0.3, -0.25) is 19.1 Å². The van der Waals surface area contributed by atoms with Crippen molar-refractivity contribution in [1.29, 1.82) is 0 Å². The Morgan fingerprint density at radius 3 is 2.36 bits per heavy atom. The third-order valence-corrected chi connectivity index (χ3v) is 8.71. The van der Waals surface area contributed by atoms with Crippen molar-refractivity contribution in [2.45, 2.75) is 71.8 Å². The highest BCUT2D eigenvalue weighted by molar-refractivity contribution is 6.42. The largest absolute Gasteiger partial charge is 0.465 e. The van der Waals surface area contributed by atoms with Crippen molar-refractivity contribution < 1.29 is 19.1 Å². The van der Waals surface area contributed by atoms with Crippen LogP contribution in [0, 0.1) is 11.3 Å². The summed E-state index contributed by atoms with van der Waals surface area (Å²) in [7, 11) is 0. The van der Waals surface area contributed by atoms with E-state index in [0.29, 0.717) is 30.9 Å². The van der Waals surface area contributed by atoms with Crippen LogP contribution in [0.15, 0.2) is 66.0 Å². The summed E-state index contributed by atoms with van der Waals surface area (Å²) >= 11 is 19.0. The zero-order valence-corrected chi connectivity index (χ0v) is 28.1. The number of halogens is 3. The lowest BCUT2D eigenvalue weighted by molar-refractivity contribution is -0.149. The average molecular weight is 675 g/mol. The fourth-order valence-electron chi connectivity index (χ4n) is 5.37. The maximum Gasteiger partial charge on any atom is 0.308 e. The predicted octanol–water partition coefficient (Wildman–Crippen LogP) is 7.82. The number of hydrogen-bond acceptors (Lipinski definition) is 6. The number of benzene rings is 2. The minimum absolute atomic E-state index is 0.0751. The highest BCUT2D eigenvalue weighted by Crippen LogP contribution is 2.41. The average Bonchev–Trinajstić information content (AvgIpc) is 3.63. The van der Waals surface area contributed by atoms with Gasteiger partial charge in [-0.15, -0.1) is 5.10 Å². The fourth-order valence-corrected chi connectivity index (χ4v) is 6.35. The molecule has 0 radical (unpaired) electrons. The molecule has 2 heterocycles. The number of hydrazone groups is 1. The monoisotopic (exact) mass is 673 g/mol. The quantitative estimate of drug-likeness (QED) is 0.147. The molecule has 12 heteroatoms. The van der Waals surface area contributed by atoms with Crippen LogP contribution in [0.5, 0.6) is 0 Å². The van der Waals surface area contributed by atoms with Crippen LogP contribution in [0.1, 0.15) is 77.3 Å². The number of amides is 2. The third kappa shape index (κ3) is 8.26. The summed E-state index contributed by atoms with van der Waals surface area (Å²) in [6.07, 6.45) is 6.47. The fraction of sp³-hybridized carbons (Fsp3) is 0.424. The van der Waals surface area contributed by atoms with Gasteiger partial charge in [0.15, 0.2) is 11.9 Å². The van der Waals surface area contributed by atoms with Gasteiger partial charge in [0, 0.05) is 22.8 Å². The number of nitrogens with zero attached hydrogens (tertiary/aromatic N) is 4. The van der Waals surface area contributed by atoms with E-state index in [2.05, 4.69) is 15.5 Å². The molecule has 45 heavy (non-hydrogen) atoms. The van der Waals surface area contributed by atoms with Crippen molar-refractivity contribution in [3.63, 3.8) is 0 Å². The molecular weight excluding hydrogens is 637 g/mol. The molecule has 3 aromatic rings. The molecule has 3 unspecified atom stereocenters. The summed E-state index contributed by atoms with van der Waals surface area (Å²) in [5, 5.41) is 13.2. The lowest BCUT2D eigenvalue weighted by atomic mass is 9.75. The molecule has 0 saturated carbocycles. The van der Waals surface area contributed by atoms with Crippen LogP contribution < -0.4 is 10.3 Å². The maximum atomic E-state index is 14.0. The predicted molar refractivity (Wildman–Crippen MR) is 178 cm³/mol. The first-order valence-corrected chi connectivity index (χ1v) is 16.2. The summed E-state index contributed by atoms with van der Waals surface area (Å²) in [4.78, 5) is 40.6. The van der Waals surface area contributed by atoms with Gasteiger partial charge < -0.3 is 10.1 Å². The van der Waals surface area contributed by atoms with Gasteiger partial charge in [0.2, 0.25) is 5.91 Å². The van der Waals surface area contributed by atoms with Gasteiger partial charge in [0.05, 0.1) is 22.6 Å². The number of ether oxygens (including phenoxy) is 1. The molecule has 0 bridgehead atoms. The van der Waals surface area contributed by atoms with Crippen LogP contribution in [-0.2, 0) is 19.1 Å². The smallest absolute Gasteiger partial charge is 0.308 e. The van der Waals surface area contributed by atoms with Crippen molar-refractivity contribution in [2.75, 3.05) is 11.6 Å². The van der Waals surface area contributed by atoms with Gasteiger partial charge in [0.1, 0.15) is 5.69 Å². The van der Waals surface area contributed by atoms with Crippen LogP contribution in [0.2, 0.25) is 15.1 Å². The molecule has 1 aliphatic heterocycles. The number of esters is 1. The zero-order chi connectivity index (χ0) is 32.7. The minimum Gasteiger partial charge on any atom is -0.465 e. The summed E-state index contributed by atoms with van der Waals surface area (Å²) in [6.45, 7) is 8.10. The first kappa shape index (κ1) is 34.5. The van der Waals surface area contributed by atoms with Crippen LogP contribution in [0.25, 0.3) is 0 Å². The number of rotatable bonds is 13. The molecular formula is C33H38Cl3N5O4. The number of amidine groups is 1. The lowest BCUT2D eigenvalue weighted by Crippen LogP contribution is -2.44. The standard InChI is InChI=1S/C33H38Cl3N5O4/c1-5-7-16-45-31(43)21(6-2)17-23(22-12-9-8-10-13-22)20-33(3,4)32(44)38-29-28(40-15-11-14-37-40)30(42)41(39-29)27-25(35)18-24(34)19-26(27)36/h8-15,18-19,21,23,28H,5-7,16-17,20H2,1-4H3,(H,38,39,44). The molecule has 3 atom stereocenters. The summed E-state index contributed by atoms with van der Waals surface area (Å²) in [6, 6.07) is 13.4. The van der Waals surface area contributed by atoms with E-state index >= 15 is 0 Å². The van der Waals surface area contributed by atoms with Crippen LogP contribution in [-0.4, -0.2) is 40.0 Å². The first-order valence-electron chi connectivity index (χ1n) is 15.1. The van der Waals surface area contributed by atoms with E-state index in [1.807, 2.05) is 58.0 Å². The SMILES string of the molecule is CCCCOC(=O)C(CC)CC(CC(C)(C)C(=O)NC1=NN(c2c(Cl)cc(Cl)cc2Cl)C(=O)C1n1cccn1)c1ccccc1. The third-order valence-electron chi connectivity index (χ3n) is 7.91. The molecule has 1 aromatic heterocycles. The van der Waals surface area contributed by atoms with Crippen molar-refractivity contribution >= 4 is 64.1 Å². The minimum atomic E-state index is -1.06. The van der Waals surface area contributed by atoms with E-state index < -0.39 is 17.4 Å². The molecule has 2 aromatic carbocycles. The van der Waals surface area contributed by atoms with Gasteiger partial charge in [-0.2, -0.15) is 10.1 Å². The number of aromatic nitrogens is 2. The topological polar surface area (TPSA) is 106 Å². The second-order valence-electron chi connectivity index (χ2n) is 11.8. The van der Waals surface area contributed by atoms with Gasteiger partial charge >= 0.3 is 5.97 Å². The number of unbranched alkanes of at least 4 members (excludes halogenated alkanes) is 1. The van der Waals surface area contributed by atoms with Gasteiger partial charge in [-0.25, -0.2) is 0 Å². The Hall–Kier alpha value is -3.40. The van der Waals surface area contributed by atoms with Gasteiger partial charge in [-0.05, 0) is 55.4 Å². The molecule has 0 spiro atoms. The first-order chi connectivity index (χ1) is 21.5. The lowest BCUT2D eigenvalue weighted by Gasteiger charge is -2.31. The number of anilines is 1. The summed E-state index contributed by atoms with van der Waals surface area (Å²) < 4.78 is 6.97. The van der Waals surface area contributed by atoms with Crippen molar-refractivity contribution in [3.8, 4) is 0 Å². The van der Waals surface area contributed by atoms with Crippen molar-refractivity contribution in [3.05, 3.63) is 81.6 Å². The number of nitrogens with one attached hydrogen (secondary N) is 1. The van der Waals surface area contributed by atoms with Crippen molar-refractivity contribution in [2.24, 2.45) is 16.4 Å². The van der Waals surface area contributed by atoms with Crippen LogP contribution >= 0.6 is 34.8 Å².